The first-order chi connectivity index (χ1) is 11.5. The van der Waals surface area contributed by atoms with E-state index in [2.05, 4.69) is 16.4 Å². The number of hydrogen-bond donors (Lipinski definition) is 3. The van der Waals surface area contributed by atoms with Crippen molar-refractivity contribution in [2.75, 3.05) is 13.2 Å². The summed E-state index contributed by atoms with van der Waals surface area (Å²) in [4.78, 5) is 16.6. The summed E-state index contributed by atoms with van der Waals surface area (Å²) in [5.74, 6) is -0.368. The fraction of sp³-hybridized carbons (Fsp3) is 0.278. The lowest BCUT2D eigenvalue weighted by atomic mass is 10.00. The summed E-state index contributed by atoms with van der Waals surface area (Å²) in [5.41, 5.74) is 3.72. The van der Waals surface area contributed by atoms with Crippen LogP contribution in [0.2, 0.25) is 0 Å². The van der Waals surface area contributed by atoms with Gasteiger partial charge in [0.2, 0.25) is 0 Å². The van der Waals surface area contributed by atoms with Gasteiger partial charge in [0.1, 0.15) is 6.07 Å². The van der Waals surface area contributed by atoms with Crippen LogP contribution in [-0.4, -0.2) is 40.4 Å². The number of nitrogens with zero attached hydrogens (tertiary/aromatic N) is 2. The van der Waals surface area contributed by atoms with Crippen LogP contribution in [-0.2, 0) is 0 Å². The Bertz CT molecular complexity index is 797. The van der Waals surface area contributed by atoms with E-state index in [0.717, 1.165) is 11.3 Å². The lowest BCUT2D eigenvalue weighted by Crippen LogP contribution is -2.33. The summed E-state index contributed by atoms with van der Waals surface area (Å²) in [7, 11) is 0. The maximum absolute atomic E-state index is 12.1. The molecular formula is C18H19N3O3. The molecule has 0 spiro atoms. The molecule has 124 valence electrons. The van der Waals surface area contributed by atoms with Gasteiger partial charge < -0.3 is 15.5 Å². The van der Waals surface area contributed by atoms with Crippen LogP contribution >= 0.6 is 0 Å². The minimum atomic E-state index is -0.997. The van der Waals surface area contributed by atoms with E-state index in [9.17, 15) is 15.2 Å². The van der Waals surface area contributed by atoms with Crippen LogP contribution in [0.3, 0.4) is 0 Å². The molecule has 24 heavy (non-hydrogen) atoms. The predicted octanol–water partition coefficient (Wildman–Crippen LogP) is 1.32. The van der Waals surface area contributed by atoms with E-state index in [1.165, 1.54) is 0 Å². The van der Waals surface area contributed by atoms with Gasteiger partial charge in [-0.25, -0.2) is 0 Å². The van der Waals surface area contributed by atoms with E-state index in [1.54, 1.807) is 24.3 Å². The van der Waals surface area contributed by atoms with Gasteiger partial charge in [-0.15, -0.1) is 0 Å². The van der Waals surface area contributed by atoms with Crippen LogP contribution in [0.5, 0.6) is 0 Å². The molecule has 6 heteroatoms. The maximum Gasteiger partial charge on any atom is 0.251 e. The predicted molar refractivity (Wildman–Crippen MR) is 89.3 cm³/mol. The molecule has 0 fully saturated rings. The highest BCUT2D eigenvalue weighted by Crippen LogP contribution is 2.25. The largest absolute Gasteiger partial charge is 0.394 e. The van der Waals surface area contributed by atoms with Gasteiger partial charge in [-0.1, -0.05) is 12.1 Å². The van der Waals surface area contributed by atoms with Crippen LogP contribution < -0.4 is 5.32 Å². The Morgan fingerprint density at radius 1 is 1.38 bits per heavy atom. The second kappa shape index (κ2) is 7.68. The molecule has 0 aliphatic rings. The molecule has 6 nitrogen and oxygen atoms in total. The van der Waals surface area contributed by atoms with Crippen molar-refractivity contribution in [3.8, 4) is 17.3 Å². The molecule has 3 N–H and O–H groups in total. The first-order valence-corrected chi connectivity index (χ1v) is 7.52. The monoisotopic (exact) mass is 325 g/mol. The van der Waals surface area contributed by atoms with Crippen molar-refractivity contribution in [1.82, 2.24) is 10.3 Å². The minimum absolute atomic E-state index is 0.0369. The summed E-state index contributed by atoms with van der Waals surface area (Å²) in [5, 5.41) is 30.0. The van der Waals surface area contributed by atoms with Crippen molar-refractivity contribution in [1.29, 1.82) is 5.26 Å². The highest BCUT2D eigenvalue weighted by Gasteiger charge is 2.14. The number of rotatable bonds is 5. The summed E-state index contributed by atoms with van der Waals surface area (Å²) in [6.07, 6.45) is -0.997. The van der Waals surface area contributed by atoms with E-state index < -0.39 is 12.7 Å². The lowest BCUT2D eigenvalue weighted by molar-refractivity contribution is 0.0802. The van der Waals surface area contributed by atoms with Crippen LogP contribution in [0.25, 0.3) is 11.3 Å². The fourth-order valence-corrected chi connectivity index (χ4v) is 2.37. The van der Waals surface area contributed by atoms with Crippen molar-refractivity contribution in [3.63, 3.8) is 0 Å². The molecule has 0 radical (unpaired) electrons. The van der Waals surface area contributed by atoms with E-state index in [0.29, 0.717) is 22.4 Å². The van der Waals surface area contributed by atoms with Gasteiger partial charge in [0.05, 0.1) is 24.0 Å². The Morgan fingerprint density at radius 3 is 2.79 bits per heavy atom. The first-order valence-electron chi connectivity index (χ1n) is 7.52. The Morgan fingerprint density at radius 2 is 2.12 bits per heavy atom. The number of aromatic nitrogens is 1. The molecule has 2 rings (SSSR count). The number of amides is 1. The molecule has 0 bridgehead atoms. The molecule has 1 amide bonds. The third-order valence-electron chi connectivity index (χ3n) is 3.56. The number of benzene rings is 1. The Hall–Kier alpha value is -2.75. The Balaban J connectivity index is 2.35. The van der Waals surface area contributed by atoms with Gasteiger partial charge >= 0.3 is 0 Å². The Kier molecular flexibility index (Phi) is 5.64. The van der Waals surface area contributed by atoms with Crippen molar-refractivity contribution in [2.24, 2.45) is 0 Å². The average molecular weight is 325 g/mol. The molecular weight excluding hydrogens is 306 g/mol. The number of carbonyl (C=O) groups is 1. The summed E-state index contributed by atoms with van der Waals surface area (Å²) < 4.78 is 0. The van der Waals surface area contributed by atoms with Gasteiger partial charge in [-0.05, 0) is 37.6 Å². The number of aryl methyl sites for hydroxylation is 2. The molecule has 0 saturated heterocycles. The number of aliphatic hydroxyl groups excluding tert-OH is 2. The third-order valence-corrected chi connectivity index (χ3v) is 3.56. The topological polar surface area (TPSA) is 106 Å². The molecule has 0 saturated carbocycles. The van der Waals surface area contributed by atoms with Gasteiger partial charge in [-0.3, -0.25) is 9.78 Å². The minimum Gasteiger partial charge on any atom is -0.394 e. The highest BCUT2D eigenvalue weighted by atomic mass is 16.3. The van der Waals surface area contributed by atoms with Crippen molar-refractivity contribution in [3.05, 3.63) is 52.7 Å². The first kappa shape index (κ1) is 17.6. The second-order valence-corrected chi connectivity index (χ2v) is 5.54. The van der Waals surface area contributed by atoms with E-state index in [4.69, 9.17) is 5.11 Å². The normalized spacial score (nSPS) is 11.6. The number of carbonyl (C=O) groups excluding carboxylic acids is 1. The number of nitriles is 1. The SMILES string of the molecule is Cc1cc(C)c(C#N)c(-c2cccc(C(=O)NC[C@@H](O)CO)c2)n1. The van der Waals surface area contributed by atoms with Gasteiger partial charge in [0.25, 0.3) is 5.91 Å². The molecule has 1 aromatic carbocycles. The molecule has 2 aromatic rings. The van der Waals surface area contributed by atoms with Gasteiger partial charge in [0, 0.05) is 23.4 Å². The number of hydrogen-bond acceptors (Lipinski definition) is 5. The third kappa shape index (κ3) is 3.96. The lowest BCUT2D eigenvalue weighted by Gasteiger charge is -2.11. The smallest absolute Gasteiger partial charge is 0.251 e. The zero-order valence-corrected chi connectivity index (χ0v) is 13.6. The quantitative estimate of drug-likeness (QED) is 0.769. The van der Waals surface area contributed by atoms with E-state index >= 15 is 0 Å². The zero-order chi connectivity index (χ0) is 17.7. The molecule has 0 unspecified atom stereocenters. The van der Waals surface area contributed by atoms with Gasteiger partial charge in [-0.2, -0.15) is 5.26 Å². The molecule has 1 aromatic heterocycles. The number of nitrogens with one attached hydrogen (secondary N) is 1. The second-order valence-electron chi connectivity index (χ2n) is 5.54. The maximum atomic E-state index is 12.1. The standard InChI is InChI=1S/C18H19N3O3/c1-11-6-12(2)21-17(16(11)8-19)13-4-3-5-14(7-13)18(24)20-9-15(23)10-22/h3-7,15,22-23H,9-10H2,1-2H3,(H,20,24)/t15-/m1/s1. The zero-order valence-electron chi connectivity index (χ0n) is 13.6. The Labute approximate surface area is 140 Å². The van der Waals surface area contributed by atoms with Crippen LogP contribution in [0, 0.1) is 25.2 Å². The summed E-state index contributed by atoms with van der Waals surface area (Å²) in [6, 6.07) is 10.8. The van der Waals surface area contributed by atoms with E-state index in [-0.39, 0.29) is 12.5 Å². The van der Waals surface area contributed by atoms with Crippen LogP contribution in [0.1, 0.15) is 27.2 Å². The summed E-state index contributed by atoms with van der Waals surface area (Å²) >= 11 is 0. The van der Waals surface area contributed by atoms with Gasteiger partial charge in [0.15, 0.2) is 0 Å². The van der Waals surface area contributed by atoms with Crippen molar-refractivity contribution >= 4 is 5.91 Å². The van der Waals surface area contributed by atoms with E-state index in [1.807, 2.05) is 19.9 Å². The molecule has 0 aliphatic heterocycles. The highest BCUT2D eigenvalue weighted by molar-refractivity contribution is 5.95. The summed E-state index contributed by atoms with van der Waals surface area (Å²) in [6.45, 7) is 3.25. The fourth-order valence-electron chi connectivity index (χ4n) is 2.37. The number of pyridine rings is 1. The van der Waals surface area contributed by atoms with Crippen molar-refractivity contribution in [2.45, 2.75) is 20.0 Å². The molecule has 0 aliphatic carbocycles. The van der Waals surface area contributed by atoms with Crippen molar-refractivity contribution < 1.29 is 15.0 Å². The molecule has 1 atom stereocenters. The molecule has 1 heterocycles. The van der Waals surface area contributed by atoms with Crippen LogP contribution in [0.4, 0.5) is 0 Å². The van der Waals surface area contributed by atoms with Crippen LogP contribution in [0.15, 0.2) is 30.3 Å². The number of aliphatic hydroxyl groups is 2. The average Bonchev–Trinajstić information content (AvgIpc) is 2.58.